The molecule has 1 N–H and O–H groups in total. The Morgan fingerprint density at radius 3 is 2.58 bits per heavy atom. The number of phenolic OH excluding ortho intramolecular Hbond substituents is 1. The van der Waals surface area contributed by atoms with Crippen molar-refractivity contribution in [1.82, 2.24) is 14.9 Å². The Labute approximate surface area is 247 Å². The highest BCUT2D eigenvalue weighted by Gasteiger charge is 2.44. The number of aromatic nitrogens is 2. The Kier molecular flexibility index (Phi) is 7.02. The molecule has 0 saturated carbocycles. The highest BCUT2D eigenvalue weighted by Crippen LogP contribution is 2.43. The molecule has 0 radical (unpaired) electrons. The largest absolute Gasteiger partial charge is 0.508 e. The van der Waals surface area contributed by atoms with Crippen LogP contribution in [0, 0.1) is 24.0 Å². The Balaban J connectivity index is 0.000000283. The Morgan fingerprint density at radius 1 is 1.05 bits per heavy atom. The minimum absolute atomic E-state index is 0.00126. The first-order chi connectivity index (χ1) is 20.9. The van der Waals surface area contributed by atoms with E-state index in [1.807, 2.05) is 0 Å². The summed E-state index contributed by atoms with van der Waals surface area (Å²) in [4.78, 5) is 13.2. The maximum Gasteiger partial charge on any atom is 0.318 e. The molecule has 7 nitrogen and oxygen atoms in total. The van der Waals surface area contributed by atoms with Crippen LogP contribution in [0.15, 0.2) is 36.4 Å². The van der Waals surface area contributed by atoms with E-state index in [2.05, 4.69) is 25.7 Å². The van der Waals surface area contributed by atoms with E-state index >= 15 is 4.39 Å². The summed E-state index contributed by atoms with van der Waals surface area (Å²) in [6.45, 7) is 3.02. The van der Waals surface area contributed by atoms with Gasteiger partial charge in [-0.1, -0.05) is 18.1 Å². The van der Waals surface area contributed by atoms with Crippen LogP contribution in [0.5, 0.6) is 11.8 Å². The molecule has 4 unspecified atom stereocenters. The van der Waals surface area contributed by atoms with Gasteiger partial charge < -0.3 is 19.5 Å². The number of anilines is 1. The fourth-order valence-corrected chi connectivity index (χ4v) is 7.11. The lowest BCUT2D eigenvalue weighted by Crippen LogP contribution is -2.64. The molecule has 2 bridgehead atoms. The van der Waals surface area contributed by atoms with Gasteiger partial charge in [-0.2, -0.15) is 9.97 Å². The highest BCUT2D eigenvalue weighted by atomic mass is 19.1. The second kappa shape index (κ2) is 10.9. The second-order valence-electron chi connectivity index (χ2n) is 11.6. The molecule has 0 spiro atoms. The van der Waals surface area contributed by atoms with Crippen molar-refractivity contribution >= 4 is 27.5 Å². The molecule has 3 aromatic carbocycles. The van der Waals surface area contributed by atoms with E-state index in [9.17, 15) is 13.9 Å². The van der Waals surface area contributed by atoms with E-state index in [1.165, 1.54) is 44.2 Å². The van der Waals surface area contributed by atoms with E-state index in [0.29, 0.717) is 47.8 Å². The number of benzene rings is 3. The lowest BCUT2D eigenvalue weighted by Gasteiger charge is -2.53. The zero-order chi connectivity index (χ0) is 29.8. The van der Waals surface area contributed by atoms with Gasteiger partial charge in [0.05, 0.1) is 38.0 Å². The third-order valence-corrected chi connectivity index (χ3v) is 9.09. The van der Waals surface area contributed by atoms with Gasteiger partial charge in [-0.05, 0) is 67.4 Å². The molecular formula is C33H31F3N4O3. The summed E-state index contributed by atoms with van der Waals surface area (Å²) in [5.74, 6) is 1.63. The summed E-state index contributed by atoms with van der Waals surface area (Å²) in [5, 5.41) is 11.7. The van der Waals surface area contributed by atoms with Crippen molar-refractivity contribution in [3.63, 3.8) is 0 Å². The van der Waals surface area contributed by atoms with Gasteiger partial charge in [0, 0.05) is 28.9 Å². The lowest BCUT2D eigenvalue weighted by molar-refractivity contribution is 0.00984. The number of terminal acetylenes is 1. The van der Waals surface area contributed by atoms with Crippen LogP contribution in [0.4, 0.5) is 19.0 Å². The normalized spacial score (nSPS) is 24.3. The van der Waals surface area contributed by atoms with Crippen LogP contribution in [0.25, 0.3) is 32.8 Å². The van der Waals surface area contributed by atoms with Crippen LogP contribution in [-0.2, 0) is 4.74 Å². The summed E-state index contributed by atoms with van der Waals surface area (Å²) in [5.41, 5.74) is 0.478. The molecule has 4 aromatic rings. The standard InChI is InChI=1S/C26H19F2N3O3.C7H12FN/c1-3-17-21(27)7-4-13-8-16(32)10-20(22(13)17)18-5-6-19-24(23(18)28)29-26(33-2)30-25(19)31-14-9-15(31)12-34-11-14;8-6-4-7-2-1-3-9(7)5-6/h1,4-8,10,14-15,32H,9,11-12H2,2H3;6-7H,1-5H2. The van der Waals surface area contributed by atoms with E-state index < -0.39 is 17.8 Å². The number of hydrogen-bond acceptors (Lipinski definition) is 7. The summed E-state index contributed by atoms with van der Waals surface area (Å²) in [6.07, 6.45) is 9.39. The molecule has 5 heterocycles. The zero-order valence-electron chi connectivity index (χ0n) is 23.7. The van der Waals surface area contributed by atoms with Gasteiger partial charge >= 0.3 is 6.01 Å². The summed E-state index contributed by atoms with van der Waals surface area (Å²) in [7, 11) is 1.43. The smallest absolute Gasteiger partial charge is 0.318 e. The van der Waals surface area contributed by atoms with Gasteiger partial charge in [0.2, 0.25) is 0 Å². The van der Waals surface area contributed by atoms with Crippen molar-refractivity contribution in [2.24, 2.45) is 0 Å². The molecule has 222 valence electrons. The number of hydrogen-bond donors (Lipinski definition) is 1. The third kappa shape index (κ3) is 4.71. The van der Waals surface area contributed by atoms with Crippen molar-refractivity contribution in [3.8, 4) is 35.2 Å². The van der Waals surface area contributed by atoms with Crippen LogP contribution >= 0.6 is 0 Å². The van der Waals surface area contributed by atoms with Crippen molar-refractivity contribution in [1.29, 1.82) is 0 Å². The number of alkyl halides is 1. The number of nitrogens with zero attached hydrogens (tertiary/aromatic N) is 4. The molecule has 4 atom stereocenters. The number of fused-ring (bicyclic) bond motifs is 5. The fraction of sp³-hybridized carbons (Fsp3) is 0.394. The third-order valence-electron chi connectivity index (χ3n) is 9.09. The Morgan fingerprint density at radius 2 is 1.86 bits per heavy atom. The average molecular weight is 589 g/mol. The molecule has 1 aromatic heterocycles. The van der Waals surface area contributed by atoms with Crippen molar-refractivity contribution < 1.29 is 27.8 Å². The SMILES string of the molecule is C#Cc1c(F)ccc2cc(O)cc(-c3ccc4c(N5C6COCC5C6)nc(OC)nc4c3F)c12.FC1CC2CCCN2C1. The zero-order valence-corrected chi connectivity index (χ0v) is 23.7. The van der Waals surface area contributed by atoms with Crippen molar-refractivity contribution in [3.05, 3.63) is 53.6 Å². The van der Waals surface area contributed by atoms with Gasteiger partial charge in [0.15, 0.2) is 5.82 Å². The summed E-state index contributed by atoms with van der Waals surface area (Å²) >= 11 is 0. The molecule has 0 amide bonds. The van der Waals surface area contributed by atoms with Crippen molar-refractivity contribution in [2.75, 3.05) is 38.3 Å². The number of phenols is 1. The molecule has 4 aliphatic rings. The van der Waals surface area contributed by atoms with Gasteiger partial charge in [-0.25, -0.2) is 13.2 Å². The Bertz CT molecular complexity index is 1750. The molecule has 10 heteroatoms. The molecule has 0 aliphatic carbocycles. The molecular weight excluding hydrogens is 557 g/mol. The van der Waals surface area contributed by atoms with Crippen LogP contribution in [0.1, 0.15) is 31.2 Å². The van der Waals surface area contributed by atoms with Crippen LogP contribution in [0.2, 0.25) is 0 Å². The van der Waals surface area contributed by atoms with E-state index in [-0.39, 0.29) is 46.1 Å². The van der Waals surface area contributed by atoms with Crippen LogP contribution < -0.4 is 9.64 Å². The van der Waals surface area contributed by atoms with E-state index in [0.717, 1.165) is 19.4 Å². The number of morpholine rings is 1. The lowest BCUT2D eigenvalue weighted by atomic mass is 9.90. The number of aromatic hydroxyl groups is 1. The van der Waals surface area contributed by atoms with Crippen LogP contribution in [0.3, 0.4) is 0 Å². The molecule has 4 aliphatic heterocycles. The van der Waals surface area contributed by atoms with Crippen LogP contribution in [-0.4, -0.2) is 77.7 Å². The number of methoxy groups -OCH3 is 1. The maximum absolute atomic E-state index is 16.1. The quantitative estimate of drug-likeness (QED) is 0.313. The predicted octanol–water partition coefficient (Wildman–Crippen LogP) is 5.59. The average Bonchev–Trinajstić information content (AvgIpc) is 3.59. The maximum atomic E-state index is 16.1. The van der Waals surface area contributed by atoms with Crippen molar-refractivity contribution in [2.45, 2.75) is 50.0 Å². The molecule has 4 saturated heterocycles. The predicted molar refractivity (Wildman–Crippen MR) is 158 cm³/mol. The van der Waals surface area contributed by atoms with Gasteiger partial charge in [-0.15, -0.1) is 6.42 Å². The minimum atomic E-state index is -0.638. The summed E-state index contributed by atoms with van der Waals surface area (Å²) in [6, 6.07) is 9.89. The first-order valence-corrected chi connectivity index (χ1v) is 14.6. The first kappa shape index (κ1) is 27.7. The fourth-order valence-electron chi connectivity index (χ4n) is 7.11. The van der Waals surface area contributed by atoms with E-state index in [1.54, 1.807) is 12.1 Å². The minimum Gasteiger partial charge on any atom is -0.508 e. The monoisotopic (exact) mass is 588 g/mol. The molecule has 43 heavy (non-hydrogen) atoms. The molecule has 4 fully saturated rings. The first-order valence-electron chi connectivity index (χ1n) is 14.6. The molecule has 8 rings (SSSR count). The number of halogens is 3. The summed E-state index contributed by atoms with van der Waals surface area (Å²) < 4.78 is 54.1. The highest BCUT2D eigenvalue weighted by molar-refractivity contribution is 6.04. The number of ether oxygens (including phenoxy) is 2. The second-order valence-corrected chi connectivity index (χ2v) is 11.6. The van der Waals surface area contributed by atoms with Gasteiger partial charge in [0.1, 0.15) is 29.1 Å². The number of rotatable bonds is 3. The van der Waals surface area contributed by atoms with Gasteiger partial charge in [0.25, 0.3) is 0 Å². The topological polar surface area (TPSA) is 71.0 Å². The Hall–Kier alpha value is -4.07. The van der Waals surface area contributed by atoms with E-state index in [4.69, 9.17) is 15.9 Å². The van der Waals surface area contributed by atoms with Gasteiger partial charge in [-0.3, -0.25) is 4.90 Å².